The molecule has 4 N–H and O–H groups in total. The number of β-amino-alcohol motifs (C(OH)–C–C–N with tert-alkyl or cyclic N) is 1. The lowest BCUT2D eigenvalue weighted by atomic mass is 10.0. The number of nitrogens with zero attached hydrogens (tertiary/aromatic N) is 3. The molecule has 3 aromatic rings. The van der Waals surface area contributed by atoms with E-state index < -0.39 is 11.9 Å². The molecular weight excluding hydrogens is 527 g/mol. The zero-order valence-corrected chi connectivity index (χ0v) is 23.1. The number of benzene rings is 3. The fourth-order valence-electron chi connectivity index (χ4n) is 5.23. The van der Waals surface area contributed by atoms with Crippen LogP contribution in [0.2, 0.25) is 0 Å². The Balaban J connectivity index is 0.000000191. The molecule has 10 heteroatoms. The van der Waals surface area contributed by atoms with E-state index in [-0.39, 0.29) is 49.3 Å². The number of halogens is 1. The number of carbonyl (C=O) groups excluding carboxylic acids is 2. The summed E-state index contributed by atoms with van der Waals surface area (Å²) in [6, 6.07) is 18.1. The Hall–Kier alpha value is -4.28. The van der Waals surface area contributed by atoms with Crippen molar-refractivity contribution in [1.29, 1.82) is 0 Å². The SMILES string of the molecule is Cc1cc(C(=O)N2CCCCc3ccccc32)ccc1CN.O=C1CCN(C(=O)O)c2c(F)cccc2N1CCO. The number of rotatable bonds is 4. The number of anilines is 3. The zero-order chi connectivity index (χ0) is 29.5. The number of para-hydroxylation sites is 2. The second-order valence-corrected chi connectivity index (χ2v) is 9.95. The highest BCUT2D eigenvalue weighted by atomic mass is 19.1. The van der Waals surface area contributed by atoms with Crippen molar-refractivity contribution in [3.8, 4) is 0 Å². The number of aryl methyl sites for hydroxylation is 2. The monoisotopic (exact) mass is 562 g/mol. The van der Waals surface area contributed by atoms with Crippen molar-refractivity contribution in [2.75, 3.05) is 40.9 Å². The molecule has 0 saturated heterocycles. The summed E-state index contributed by atoms with van der Waals surface area (Å²) in [6.45, 7) is 2.91. The van der Waals surface area contributed by atoms with E-state index in [0.29, 0.717) is 6.54 Å². The van der Waals surface area contributed by atoms with E-state index in [9.17, 15) is 18.8 Å². The van der Waals surface area contributed by atoms with Gasteiger partial charge in [0.1, 0.15) is 11.5 Å². The minimum atomic E-state index is -1.31. The van der Waals surface area contributed by atoms with Crippen molar-refractivity contribution < 1.29 is 29.0 Å². The molecule has 5 rings (SSSR count). The number of carbonyl (C=O) groups is 3. The third-order valence-electron chi connectivity index (χ3n) is 7.35. The van der Waals surface area contributed by atoms with Crippen molar-refractivity contribution in [1.82, 2.24) is 0 Å². The first-order valence-electron chi connectivity index (χ1n) is 13.7. The number of aliphatic hydroxyl groups excluding tert-OH is 1. The molecule has 9 nitrogen and oxygen atoms in total. The lowest BCUT2D eigenvalue weighted by Crippen LogP contribution is -2.33. The Morgan fingerprint density at radius 2 is 1.71 bits per heavy atom. The van der Waals surface area contributed by atoms with Crippen molar-refractivity contribution in [3.63, 3.8) is 0 Å². The highest BCUT2D eigenvalue weighted by Gasteiger charge is 2.31. The summed E-state index contributed by atoms with van der Waals surface area (Å²) in [7, 11) is 0. The van der Waals surface area contributed by atoms with Crippen LogP contribution in [0.4, 0.5) is 26.2 Å². The largest absolute Gasteiger partial charge is 0.465 e. The van der Waals surface area contributed by atoms with Crippen LogP contribution in [0.15, 0.2) is 60.7 Å². The summed E-state index contributed by atoms with van der Waals surface area (Å²) in [5.74, 6) is -0.969. The smallest absolute Gasteiger partial charge is 0.411 e. The van der Waals surface area contributed by atoms with Crippen LogP contribution in [-0.2, 0) is 17.8 Å². The van der Waals surface area contributed by atoms with E-state index in [1.54, 1.807) is 0 Å². The van der Waals surface area contributed by atoms with E-state index in [1.807, 2.05) is 42.2 Å². The summed E-state index contributed by atoms with van der Waals surface area (Å²) in [5.41, 5.74) is 11.0. The second-order valence-electron chi connectivity index (χ2n) is 9.95. The van der Waals surface area contributed by atoms with E-state index >= 15 is 0 Å². The molecule has 0 atom stereocenters. The van der Waals surface area contributed by atoms with E-state index in [2.05, 4.69) is 12.1 Å². The van der Waals surface area contributed by atoms with Gasteiger partial charge in [-0.15, -0.1) is 0 Å². The summed E-state index contributed by atoms with van der Waals surface area (Å²) in [4.78, 5) is 40.0. The van der Waals surface area contributed by atoms with Crippen molar-refractivity contribution in [3.05, 3.63) is 88.7 Å². The topological polar surface area (TPSA) is 127 Å². The maximum atomic E-state index is 13.9. The Labute approximate surface area is 238 Å². The molecule has 0 aliphatic carbocycles. The Morgan fingerprint density at radius 3 is 2.41 bits per heavy atom. The number of nitrogens with two attached hydrogens (primary N) is 1. The van der Waals surface area contributed by atoms with Crippen LogP contribution in [0.3, 0.4) is 0 Å². The number of hydrogen-bond donors (Lipinski definition) is 3. The van der Waals surface area contributed by atoms with Gasteiger partial charge in [-0.3, -0.25) is 14.5 Å². The van der Waals surface area contributed by atoms with Gasteiger partial charge in [0, 0.05) is 43.9 Å². The predicted octanol–water partition coefficient (Wildman–Crippen LogP) is 4.48. The molecule has 0 fully saturated rings. The minimum absolute atomic E-state index is 0.00272. The van der Waals surface area contributed by atoms with Crippen LogP contribution in [0.5, 0.6) is 0 Å². The zero-order valence-electron chi connectivity index (χ0n) is 23.1. The third-order valence-corrected chi connectivity index (χ3v) is 7.35. The molecule has 3 aromatic carbocycles. The van der Waals surface area contributed by atoms with Crippen LogP contribution in [0.1, 0.15) is 46.3 Å². The Morgan fingerprint density at radius 1 is 0.951 bits per heavy atom. The quantitative estimate of drug-likeness (QED) is 0.431. The molecule has 3 amide bonds. The van der Waals surface area contributed by atoms with Gasteiger partial charge in [0.2, 0.25) is 5.91 Å². The first-order valence-corrected chi connectivity index (χ1v) is 13.7. The highest BCUT2D eigenvalue weighted by Crippen LogP contribution is 2.35. The lowest BCUT2D eigenvalue weighted by Gasteiger charge is -2.23. The van der Waals surface area contributed by atoms with Gasteiger partial charge in [-0.2, -0.15) is 0 Å². The fourth-order valence-corrected chi connectivity index (χ4v) is 5.23. The average Bonchev–Trinajstić information content (AvgIpc) is 3.27. The molecule has 0 unspecified atom stereocenters. The van der Waals surface area contributed by atoms with E-state index in [4.69, 9.17) is 15.9 Å². The average molecular weight is 563 g/mol. The van der Waals surface area contributed by atoms with Crippen LogP contribution in [-0.4, -0.2) is 54.4 Å². The first-order chi connectivity index (χ1) is 19.8. The number of fused-ring (bicyclic) bond motifs is 2. The number of hydrogen-bond acceptors (Lipinski definition) is 5. The molecule has 0 aromatic heterocycles. The van der Waals surface area contributed by atoms with Crippen LogP contribution >= 0.6 is 0 Å². The van der Waals surface area contributed by atoms with E-state index in [1.165, 1.54) is 22.6 Å². The third kappa shape index (κ3) is 6.55. The van der Waals surface area contributed by atoms with Crippen molar-refractivity contribution in [2.45, 2.75) is 39.2 Å². The fraction of sp³-hybridized carbons (Fsp3) is 0.323. The second kappa shape index (κ2) is 13.4. The number of carboxylic acid groups (broad SMARTS) is 1. The van der Waals surface area contributed by atoms with Gasteiger partial charge in [-0.25, -0.2) is 9.18 Å². The van der Waals surface area contributed by atoms with Gasteiger partial charge in [0.15, 0.2) is 0 Å². The normalized spacial score (nSPS) is 14.7. The summed E-state index contributed by atoms with van der Waals surface area (Å²) in [6.07, 6.45) is 1.85. The highest BCUT2D eigenvalue weighted by molar-refractivity contribution is 6.07. The summed E-state index contributed by atoms with van der Waals surface area (Å²) >= 11 is 0. The summed E-state index contributed by atoms with van der Waals surface area (Å²) < 4.78 is 13.9. The maximum Gasteiger partial charge on any atom is 0.411 e. The molecule has 2 aliphatic heterocycles. The molecule has 0 bridgehead atoms. The molecule has 2 aliphatic rings. The van der Waals surface area contributed by atoms with Crippen LogP contribution < -0.4 is 20.4 Å². The Kier molecular flexibility index (Phi) is 9.69. The van der Waals surface area contributed by atoms with Crippen LogP contribution in [0, 0.1) is 12.7 Å². The van der Waals surface area contributed by atoms with Crippen molar-refractivity contribution >= 4 is 35.0 Å². The van der Waals surface area contributed by atoms with Gasteiger partial charge in [-0.1, -0.05) is 30.3 Å². The van der Waals surface area contributed by atoms with Gasteiger partial charge in [0.25, 0.3) is 5.91 Å². The van der Waals surface area contributed by atoms with Gasteiger partial charge < -0.3 is 25.7 Å². The van der Waals surface area contributed by atoms with E-state index in [0.717, 1.165) is 59.2 Å². The summed E-state index contributed by atoms with van der Waals surface area (Å²) in [5, 5.41) is 18.1. The van der Waals surface area contributed by atoms with Gasteiger partial charge in [-0.05, 0) is 73.2 Å². The molecule has 0 radical (unpaired) electrons. The Bertz CT molecular complexity index is 1430. The molecule has 2 heterocycles. The molecule has 216 valence electrons. The molecule has 0 spiro atoms. The number of aliphatic hydroxyl groups is 1. The van der Waals surface area contributed by atoms with Crippen LogP contribution in [0.25, 0.3) is 0 Å². The molecule has 0 saturated carbocycles. The van der Waals surface area contributed by atoms with Gasteiger partial charge >= 0.3 is 6.09 Å². The standard InChI is InChI=1S/C19H22N2O.C12H13FN2O4/c1-14-12-16(9-10-17(14)13-20)19(22)21-11-5-4-7-15-6-2-3-8-18(15)21;13-8-2-1-3-9-11(8)15(12(18)19)5-4-10(17)14(9)6-7-16/h2-3,6,8-10,12H,4-5,7,11,13,20H2,1H3;1-3,16H,4-7H2,(H,18,19). The predicted molar refractivity (Wildman–Crippen MR) is 156 cm³/mol. The molecular formula is C31H35FN4O5. The van der Waals surface area contributed by atoms with Gasteiger partial charge in [0.05, 0.1) is 12.3 Å². The van der Waals surface area contributed by atoms with Crippen molar-refractivity contribution in [2.24, 2.45) is 5.73 Å². The minimum Gasteiger partial charge on any atom is -0.465 e. The maximum absolute atomic E-state index is 13.9. The molecule has 41 heavy (non-hydrogen) atoms. The first kappa shape index (κ1) is 29.7. The lowest BCUT2D eigenvalue weighted by molar-refractivity contribution is -0.118. The number of amides is 3.